The lowest BCUT2D eigenvalue weighted by atomic mass is 9.76. The number of carbonyl (C=O) groups excluding carboxylic acids is 2. The summed E-state index contributed by atoms with van der Waals surface area (Å²) in [6.07, 6.45) is -2.81. The maximum atomic E-state index is 14.9. The summed E-state index contributed by atoms with van der Waals surface area (Å²) in [5.74, 6) is -2.48. The van der Waals surface area contributed by atoms with E-state index in [1.807, 2.05) is 0 Å². The zero-order valence-corrected chi connectivity index (χ0v) is 21.5. The summed E-state index contributed by atoms with van der Waals surface area (Å²) in [7, 11) is 0. The maximum Gasteiger partial charge on any atom is 0.416 e. The molecule has 0 fully saturated rings. The third kappa shape index (κ3) is 5.65. The Balaban J connectivity index is 1.57. The Morgan fingerprint density at radius 2 is 1.59 bits per heavy atom. The van der Waals surface area contributed by atoms with Gasteiger partial charge in [-0.25, -0.2) is 14.4 Å². The summed E-state index contributed by atoms with van der Waals surface area (Å²) in [5.41, 5.74) is -2.39. The molecule has 0 saturated heterocycles. The van der Waals surface area contributed by atoms with Crippen molar-refractivity contribution in [1.82, 2.24) is 15.3 Å². The van der Waals surface area contributed by atoms with Crippen LogP contribution in [0.5, 0.6) is 11.8 Å². The second-order valence-electron chi connectivity index (χ2n) is 9.37. The largest absolute Gasteiger partial charge is 0.424 e. The first-order valence-corrected chi connectivity index (χ1v) is 12.4. The third-order valence-corrected chi connectivity index (χ3v) is 6.61. The summed E-state index contributed by atoms with van der Waals surface area (Å²) in [6, 6.07) is 17.9. The summed E-state index contributed by atoms with van der Waals surface area (Å²) in [5, 5.41) is 4.57. The molecule has 1 atom stereocenters. The molecule has 0 bridgehead atoms. The Labute approximate surface area is 231 Å². The molecular weight excluding hydrogens is 540 g/mol. The second-order valence-corrected chi connectivity index (χ2v) is 9.37. The number of benzene rings is 3. The fraction of sp³-hybridized carbons (Fsp3) is 0.133. The first-order chi connectivity index (χ1) is 19.6. The van der Waals surface area contributed by atoms with Crippen molar-refractivity contribution in [3.63, 3.8) is 0 Å². The zero-order chi connectivity index (χ0) is 29.2. The first kappa shape index (κ1) is 27.5. The highest BCUT2D eigenvalue weighted by Gasteiger charge is 2.60. The lowest BCUT2D eigenvalue weighted by Crippen LogP contribution is -2.59. The van der Waals surface area contributed by atoms with E-state index in [0.717, 1.165) is 17.7 Å². The van der Waals surface area contributed by atoms with Crippen molar-refractivity contribution < 1.29 is 31.9 Å². The van der Waals surface area contributed by atoms with Crippen LogP contribution in [0, 0.1) is 12.7 Å². The molecule has 4 aromatic rings. The highest BCUT2D eigenvalue weighted by Crippen LogP contribution is 2.48. The van der Waals surface area contributed by atoms with Gasteiger partial charge < -0.3 is 15.4 Å². The molecule has 7 nitrogen and oxygen atoms in total. The Morgan fingerprint density at radius 3 is 2.20 bits per heavy atom. The van der Waals surface area contributed by atoms with Gasteiger partial charge in [-0.2, -0.15) is 13.2 Å². The summed E-state index contributed by atoms with van der Waals surface area (Å²) >= 11 is 0. The van der Waals surface area contributed by atoms with Crippen LogP contribution in [0.2, 0.25) is 0 Å². The monoisotopic (exact) mass is 562 g/mol. The summed E-state index contributed by atoms with van der Waals surface area (Å²) < 4.78 is 63.7. The summed E-state index contributed by atoms with van der Waals surface area (Å²) in [6.45, 7) is 1.80. The third-order valence-electron chi connectivity index (χ3n) is 6.61. The number of carbonyl (C=O) groups is 2. The van der Waals surface area contributed by atoms with Gasteiger partial charge in [0.1, 0.15) is 17.1 Å². The number of rotatable bonds is 6. The number of alkyl halides is 3. The lowest BCUT2D eigenvalue weighted by molar-refractivity contribution is -0.201. The smallest absolute Gasteiger partial charge is 0.416 e. The van der Waals surface area contributed by atoms with Gasteiger partial charge in [-0.05, 0) is 66.1 Å². The van der Waals surface area contributed by atoms with E-state index in [1.54, 1.807) is 37.3 Å². The van der Waals surface area contributed by atoms with Crippen molar-refractivity contribution >= 4 is 23.1 Å². The number of halogens is 4. The normalized spacial score (nSPS) is 17.1. The average molecular weight is 563 g/mol. The molecule has 0 saturated carbocycles. The van der Waals surface area contributed by atoms with E-state index in [9.17, 15) is 27.2 Å². The van der Waals surface area contributed by atoms with Gasteiger partial charge in [-0.1, -0.05) is 42.0 Å². The van der Waals surface area contributed by atoms with E-state index in [-0.39, 0.29) is 34.1 Å². The highest BCUT2D eigenvalue weighted by atomic mass is 19.4. The van der Waals surface area contributed by atoms with Crippen molar-refractivity contribution in [1.29, 1.82) is 0 Å². The van der Waals surface area contributed by atoms with E-state index < -0.39 is 41.3 Å². The molecule has 208 valence electrons. The maximum absolute atomic E-state index is 14.9. The minimum Gasteiger partial charge on any atom is -0.424 e. The number of amides is 2. The average Bonchev–Trinajstić information content (AvgIpc) is 2.94. The van der Waals surface area contributed by atoms with Crippen LogP contribution >= 0.6 is 0 Å². The second kappa shape index (κ2) is 10.8. The number of aryl methyl sites for hydroxylation is 1. The van der Waals surface area contributed by atoms with Gasteiger partial charge in [0.2, 0.25) is 0 Å². The number of aromatic nitrogens is 2. The van der Waals surface area contributed by atoms with Gasteiger partial charge in [-0.3, -0.25) is 9.59 Å². The molecule has 1 aliphatic heterocycles. The lowest BCUT2D eigenvalue weighted by Gasteiger charge is -2.41. The van der Waals surface area contributed by atoms with Crippen molar-refractivity contribution in [3.05, 3.63) is 119 Å². The molecule has 0 radical (unpaired) electrons. The predicted octanol–water partition coefficient (Wildman–Crippen LogP) is 6.09. The molecule has 1 aliphatic rings. The van der Waals surface area contributed by atoms with Gasteiger partial charge in [0.15, 0.2) is 5.54 Å². The number of anilines is 1. The number of ether oxygens (including phenoxy) is 1. The van der Waals surface area contributed by atoms with E-state index in [1.165, 1.54) is 48.8 Å². The van der Waals surface area contributed by atoms with Crippen LogP contribution in [0.15, 0.2) is 96.8 Å². The number of nitrogens with one attached hydrogen (secondary N) is 2. The van der Waals surface area contributed by atoms with Crippen LogP contribution in [0.25, 0.3) is 5.57 Å². The zero-order valence-electron chi connectivity index (χ0n) is 21.5. The first-order valence-electron chi connectivity index (χ1n) is 12.4. The molecule has 0 spiro atoms. The van der Waals surface area contributed by atoms with Crippen LogP contribution < -0.4 is 15.4 Å². The van der Waals surface area contributed by atoms with E-state index in [0.29, 0.717) is 0 Å². The molecule has 1 aromatic heterocycles. The van der Waals surface area contributed by atoms with Crippen LogP contribution in [-0.4, -0.2) is 28.0 Å². The van der Waals surface area contributed by atoms with E-state index >= 15 is 0 Å². The van der Waals surface area contributed by atoms with E-state index in [2.05, 4.69) is 20.6 Å². The fourth-order valence-corrected chi connectivity index (χ4v) is 4.52. The standard InChI is InChI=1S/C30H22F4N4O3/c1-18-3-5-19(6-4-18)24-17-29(30(32,33)34,20-7-13-23(14-8-20)41-28-35-15-2-16-36-28)38-27(40)25(24)26(39)37-22-11-9-21(31)10-12-22/h2-16H,17H2,1H3,(H,37,39)(H,38,40). The molecule has 11 heteroatoms. The molecule has 1 unspecified atom stereocenters. The Morgan fingerprint density at radius 1 is 0.951 bits per heavy atom. The van der Waals surface area contributed by atoms with Crippen molar-refractivity contribution in [3.8, 4) is 11.8 Å². The van der Waals surface area contributed by atoms with Crippen LogP contribution in [0.4, 0.5) is 23.2 Å². The van der Waals surface area contributed by atoms with Crippen LogP contribution in [0.1, 0.15) is 23.1 Å². The SMILES string of the molecule is Cc1ccc(C2=C(C(=O)Nc3ccc(F)cc3)C(=O)NC(c3ccc(Oc4ncccn4)cc3)(C(F)(F)F)C2)cc1. The molecule has 0 aliphatic carbocycles. The van der Waals surface area contributed by atoms with Gasteiger partial charge in [0, 0.05) is 24.5 Å². The Bertz CT molecular complexity index is 1610. The summed E-state index contributed by atoms with van der Waals surface area (Å²) in [4.78, 5) is 34.6. The molecule has 2 heterocycles. The van der Waals surface area contributed by atoms with Gasteiger partial charge in [0.05, 0.1) is 0 Å². The molecular formula is C30H22F4N4O3. The molecule has 5 rings (SSSR count). The Kier molecular flexibility index (Phi) is 7.27. The van der Waals surface area contributed by atoms with E-state index in [4.69, 9.17) is 4.74 Å². The number of hydrogen-bond donors (Lipinski definition) is 2. The highest BCUT2D eigenvalue weighted by molar-refractivity contribution is 6.28. The minimum atomic E-state index is -4.96. The van der Waals surface area contributed by atoms with Crippen molar-refractivity contribution in [2.45, 2.75) is 25.1 Å². The van der Waals surface area contributed by atoms with Gasteiger partial charge >= 0.3 is 12.2 Å². The minimum absolute atomic E-state index is 0.0122. The van der Waals surface area contributed by atoms with Crippen molar-refractivity contribution in [2.24, 2.45) is 0 Å². The predicted molar refractivity (Wildman–Crippen MR) is 142 cm³/mol. The topological polar surface area (TPSA) is 93.2 Å². The number of nitrogens with zero attached hydrogens (tertiary/aromatic N) is 2. The van der Waals surface area contributed by atoms with Gasteiger partial charge in [-0.15, -0.1) is 0 Å². The Hall–Kier alpha value is -5.06. The van der Waals surface area contributed by atoms with Crippen molar-refractivity contribution in [2.75, 3.05) is 5.32 Å². The molecule has 41 heavy (non-hydrogen) atoms. The quantitative estimate of drug-likeness (QED) is 0.219. The van der Waals surface area contributed by atoms with Gasteiger partial charge in [0.25, 0.3) is 11.8 Å². The molecule has 2 amide bonds. The molecule has 2 N–H and O–H groups in total. The number of hydrogen-bond acceptors (Lipinski definition) is 5. The van der Waals surface area contributed by atoms with Crippen LogP contribution in [-0.2, 0) is 15.1 Å². The fourth-order valence-electron chi connectivity index (χ4n) is 4.52. The molecule has 3 aromatic carbocycles. The van der Waals surface area contributed by atoms with Crippen LogP contribution in [0.3, 0.4) is 0 Å².